The van der Waals surface area contributed by atoms with Gasteiger partial charge in [-0.15, -0.1) is 6.58 Å². The van der Waals surface area contributed by atoms with Crippen LogP contribution in [0.4, 0.5) is 5.69 Å². The summed E-state index contributed by atoms with van der Waals surface area (Å²) in [5, 5.41) is 12.1. The van der Waals surface area contributed by atoms with Gasteiger partial charge < -0.3 is 15.6 Å². The number of hydrogen-bond donors (Lipinski definition) is 2. The molecule has 3 aliphatic heterocycles. The van der Waals surface area contributed by atoms with Crippen molar-refractivity contribution < 1.29 is 9.84 Å². The Morgan fingerprint density at radius 2 is 2.32 bits per heavy atom. The molecule has 3 fully saturated rings. The number of piperidine rings is 3. The molecular weight excluding hydrogens is 314 g/mol. The maximum Gasteiger partial charge on any atom is 0.119 e. The second-order valence-corrected chi connectivity index (χ2v) is 7.20. The van der Waals surface area contributed by atoms with Gasteiger partial charge in [-0.3, -0.25) is 9.88 Å². The third-order valence-corrected chi connectivity index (χ3v) is 5.96. The highest BCUT2D eigenvalue weighted by atomic mass is 16.5. The Kier molecular flexibility index (Phi) is 4.13. The van der Waals surface area contributed by atoms with Crippen LogP contribution in [0.15, 0.2) is 37.1 Å². The number of aliphatic hydroxyl groups excluding tert-OH is 1. The van der Waals surface area contributed by atoms with Gasteiger partial charge in [-0.1, -0.05) is 6.08 Å². The summed E-state index contributed by atoms with van der Waals surface area (Å²) in [5.74, 6) is 1.88. The molecule has 2 unspecified atom stereocenters. The van der Waals surface area contributed by atoms with Crippen LogP contribution < -0.4 is 10.5 Å². The summed E-state index contributed by atoms with van der Waals surface area (Å²) in [4.78, 5) is 6.79. The number of pyridine rings is 1. The number of fused-ring (bicyclic) bond motifs is 4. The average molecular weight is 339 g/mol. The predicted molar refractivity (Wildman–Crippen MR) is 99.4 cm³/mol. The molecule has 0 saturated carbocycles. The Labute approximate surface area is 148 Å². The fourth-order valence-corrected chi connectivity index (χ4v) is 4.56. The number of hydrogen-bond acceptors (Lipinski definition) is 5. The lowest BCUT2D eigenvalue weighted by atomic mass is 9.73. The molecule has 4 heterocycles. The number of aliphatic hydroxyl groups is 1. The fraction of sp³-hybridized carbons (Fsp3) is 0.450. The highest BCUT2D eigenvalue weighted by molar-refractivity contribution is 5.87. The zero-order chi connectivity index (χ0) is 17.6. The molecule has 0 amide bonds. The van der Waals surface area contributed by atoms with E-state index in [0.717, 1.165) is 41.7 Å². The van der Waals surface area contributed by atoms with E-state index in [2.05, 4.69) is 22.5 Å². The number of anilines is 1. The van der Waals surface area contributed by atoms with Crippen LogP contribution in [-0.2, 0) is 0 Å². The van der Waals surface area contributed by atoms with Crippen molar-refractivity contribution in [3.05, 3.63) is 42.6 Å². The summed E-state index contributed by atoms with van der Waals surface area (Å²) in [6.45, 7) is 5.98. The topological polar surface area (TPSA) is 71.6 Å². The first-order valence-electron chi connectivity index (χ1n) is 8.89. The van der Waals surface area contributed by atoms with Crippen molar-refractivity contribution in [3.8, 4) is 5.75 Å². The van der Waals surface area contributed by atoms with Gasteiger partial charge in [0.2, 0.25) is 0 Å². The van der Waals surface area contributed by atoms with E-state index in [1.165, 1.54) is 6.42 Å². The molecule has 1 aromatic carbocycles. The largest absolute Gasteiger partial charge is 0.497 e. The van der Waals surface area contributed by atoms with Gasteiger partial charge in [-0.25, -0.2) is 0 Å². The van der Waals surface area contributed by atoms with Crippen LogP contribution in [-0.4, -0.2) is 41.2 Å². The van der Waals surface area contributed by atoms with Crippen molar-refractivity contribution >= 4 is 16.6 Å². The van der Waals surface area contributed by atoms with E-state index in [-0.39, 0.29) is 6.04 Å². The Hall–Kier alpha value is -2.11. The zero-order valence-electron chi connectivity index (χ0n) is 14.6. The van der Waals surface area contributed by atoms with Crippen LogP contribution in [0.25, 0.3) is 10.9 Å². The minimum absolute atomic E-state index is 0.0917. The molecule has 2 aromatic rings. The normalized spacial score (nSPS) is 29.5. The molecule has 0 aliphatic carbocycles. The SMILES string of the molecule is C=C[C@H]1CN2CCC1C[C@H]2[C@H](O)c1c(N)cnc2ccc(OC)cc12. The summed E-state index contributed by atoms with van der Waals surface area (Å²) >= 11 is 0. The number of ether oxygens (including phenoxy) is 1. The molecule has 5 rings (SSSR count). The van der Waals surface area contributed by atoms with Gasteiger partial charge in [0.15, 0.2) is 0 Å². The minimum atomic E-state index is -0.633. The number of nitrogens with two attached hydrogens (primary N) is 1. The van der Waals surface area contributed by atoms with E-state index in [1.54, 1.807) is 13.3 Å². The number of rotatable bonds is 4. The van der Waals surface area contributed by atoms with E-state index in [0.29, 0.717) is 17.5 Å². The van der Waals surface area contributed by atoms with Gasteiger partial charge in [-0.2, -0.15) is 0 Å². The molecule has 3 aliphatic rings. The molecule has 25 heavy (non-hydrogen) atoms. The van der Waals surface area contributed by atoms with Gasteiger partial charge in [0, 0.05) is 23.5 Å². The average Bonchev–Trinajstić information content (AvgIpc) is 2.67. The van der Waals surface area contributed by atoms with Crippen LogP contribution in [0.1, 0.15) is 24.5 Å². The van der Waals surface area contributed by atoms with Crippen molar-refractivity contribution in [2.24, 2.45) is 11.8 Å². The number of benzene rings is 1. The van der Waals surface area contributed by atoms with Crippen molar-refractivity contribution in [3.63, 3.8) is 0 Å². The molecule has 1 aromatic heterocycles. The van der Waals surface area contributed by atoms with Crippen molar-refractivity contribution in [1.29, 1.82) is 0 Å². The van der Waals surface area contributed by atoms with E-state index < -0.39 is 6.10 Å². The molecule has 132 valence electrons. The molecule has 5 nitrogen and oxygen atoms in total. The van der Waals surface area contributed by atoms with E-state index in [9.17, 15) is 5.11 Å². The molecule has 0 radical (unpaired) electrons. The summed E-state index contributed by atoms with van der Waals surface area (Å²) in [5.41, 5.74) is 8.38. The number of aromatic nitrogens is 1. The maximum absolute atomic E-state index is 11.3. The first kappa shape index (κ1) is 16.4. The van der Waals surface area contributed by atoms with Crippen molar-refractivity contribution in [2.45, 2.75) is 25.0 Å². The van der Waals surface area contributed by atoms with Crippen molar-refractivity contribution in [2.75, 3.05) is 25.9 Å². The number of nitrogens with zero attached hydrogens (tertiary/aromatic N) is 2. The highest BCUT2D eigenvalue weighted by Crippen LogP contribution is 2.43. The first-order valence-corrected chi connectivity index (χ1v) is 8.89. The van der Waals surface area contributed by atoms with E-state index in [4.69, 9.17) is 10.5 Å². The molecule has 3 N–H and O–H groups in total. The van der Waals surface area contributed by atoms with Gasteiger partial charge in [0.1, 0.15) is 5.75 Å². The Morgan fingerprint density at radius 3 is 3.00 bits per heavy atom. The molecule has 3 saturated heterocycles. The third kappa shape index (κ3) is 2.68. The number of methoxy groups -OCH3 is 1. The molecule has 2 bridgehead atoms. The Balaban J connectivity index is 1.74. The second-order valence-electron chi connectivity index (χ2n) is 7.20. The van der Waals surface area contributed by atoms with Gasteiger partial charge in [0.25, 0.3) is 0 Å². The Morgan fingerprint density at radius 1 is 1.48 bits per heavy atom. The number of nitrogen functional groups attached to an aromatic ring is 1. The van der Waals surface area contributed by atoms with Crippen LogP contribution in [0.3, 0.4) is 0 Å². The fourth-order valence-electron chi connectivity index (χ4n) is 4.56. The smallest absolute Gasteiger partial charge is 0.119 e. The van der Waals surface area contributed by atoms with Crippen LogP contribution in [0.2, 0.25) is 0 Å². The monoisotopic (exact) mass is 339 g/mol. The summed E-state index contributed by atoms with van der Waals surface area (Å²) in [6.07, 6.45) is 5.24. The Bertz CT molecular complexity index is 807. The highest BCUT2D eigenvalue weighted by Gasteiger charge is 2.42. The lowest BCUT2D eigenvalue weighted by Crippen LogP contribution is -2.54. The summed E-state index contributed by atoms with van der Waals surface area (Å²) < 4.78 is 5.35. The van der Waals surface area contributed by atoms with E-state index in [1.807, 2.05) is 18.2 Å². The van der Waals surface area contributed by atoms with Crippen LogP contribution in [0, 0.1) is 11.8 Å². The van der Waals surface area contributed by atoms with Gasteiger partial charge in [0.05, 0.1) is 30.6 Å². The van der Waals surface area contributed by atoms with Gasteiger partial charge in [-0.05, 0) is 49.4 Å². The predicted octanol–water partition coefficient (Wildman–Crippen LogP) is 2.76. The lowest BCUT2D eigenvalue weighted by molar-refractivity contribution is -0.0442. The second kappa shape index (κ2) is 6.32. The first-order chi connectivity index (χ1) is 12.1. The molecular formula is C20H25N3O2. The third-order valence-electron chi connectivity index (χ3n) is 5.96. The van der Waals surface area contributed by atoms with Gasteiger partial charge >= 0.3 is 0 Å². The minimum Gasteiger partial charge on any atom is -0.497 e. The quantitative estimate of drug-likeness (QED) is 0.838. The zero-order valence-corrected chi connectivity index (χ0v) is 14.6. The molecule has 5 atom stereocenters. The summed E-state index contributed by atoms with van der Waals surface area (Å²) in [6, 6.07) is 5.79. The van der Waals surface area contributed by atoms with E-state index >= 15 is 0 Å². The molecule has 0 spiro atoms. The lowest BCUT2D eigenvalue weighted by Gasteiger charge is -2.50. The standard InChI is InChI=1S/C20H25N3O2/c1-3-12-11-23-7-6-13(12)8-18(23)20(24)19-15-9-14(25-2)4-5-17(15)22-10-16(19)21/h3-5,9-10,12-13,18,20,24H,1,6-8,11,21H2,2H3/t12-,13?,18-,20-/m0/s1. The maximum atomic E-state index is 11.3. The van der Waals surface area contributed by atoms with Crippen molar-refractivity contribution in [1.82, 2.24) is 9.88 Å². The summed E-state index contributed by atoms with van der Waals surface area (Å²) in [7, 11) is 1.64. The van der Waals surface area contributed by atoms with Crippen LogP contribution >= 0.6 is 0 Å². The van der Waals surface area contributed by atoms with Crippen LogP contribution in [0.5, 0.6) is 5.75 Å². The molecule has 5 heteroatoms.